The molecule has 0 spiro atoms. The van der Waals surface area contributed by atoms with Gasteiger partial charge >= 0.3 is 0 Å². The maximum absolute atomic E-state index is 13.5. The van der Waals surface area contributed by atoms with E-state index in [1.165, 1.54) is 18.8 Å². The number of ketones is 1. The molecule has 4 rings (SSSR count). The van der Waals surface area contributed by atoms with Gasteiger partial charge in [-0.25, -0.2) is 18.4 Å². The average molecular weight is 498 g/mol. The molecule has 35 heavy (non-hydrogen) atoms. The highest BCUT2D eigenvalue weighted by Crippen LogP contribution is 2.35. The second kappa shape index (κ2) is 9.85. The Hall–Kier alpha value is -3.75. The van der Waals surface area contributed by atoms with Crippen molar-refractivity contribution in [1.82, 2.24) is 19.7 Å². The first-order valence-electron chi connectivity index (χ1n) is 10.6. The second-order valence-electron chi connectivity index (χ2n) is 8.09. The summed E-state index contributed by atoms with van der Waals surface area (Å²) in [6, 6.07) is 12.4. The number of carbonyl (C=O) groups excluding carboxylic acids is 1. The smallest absolute Gasteiger partial charge is 0.263 e. The summed E-state index contributed by atoms with van der Waals surface area (Å²) in [6.45, 7) is 1.25. The van der Waals surface area contributed by atoms with Crippen LogP contribution in [0.3, 0.4) is 0 Å². The van der Waals surface area contributed by atoms with Gasteiger partial charge in [-0.15, -0.1) is 0 Å². The molecule has 4 aromatic rings. The molecule has 0 aliphatic carbocycles. The van der Waals surface area contributed by atoms with Gasteiger partial charge in [0.2, 0.25) is 13.3 Å². The molecule has 2 aromatic heterocycles. The molecule has 0 aliphatic heterocycles. The first-order valence-corrected chi connectivity index (χ1v) is 12.7. The van der Waals surface area contributed by atoms with Crippen LogP contribution < -0.4 is 10.9 Å². The lowest BCUT2D eigenvalue weighted by Crippen LogP contribution is -2.21. The van der Waals surface area contributed by atoms with Crippen LogP contribution in [0.4, 0.5) is 8.78 Å². The molecule has 0 fully saturated rings. The Labute approximate surface area is 198 Å². The summed E-state index contributed by atoms with van der Waals surface area (Å²) in [7, 11) is -3.42. The summed E-state index contributed by atoms with van der Waals surface area (Å²) in [5.74, 6) is -1.82. The molecule has 2 atom stereocenters. The normalized spacial score (nSPS) is 13.8. The SMILES string of the molecule is CP(=O)(O)c1ccc([C@H](CCC(=O)c2cnc(-n3cc(F)cn3)[nH]c2=O)c2ccc(F)cc2)cc1. The number of rotatable bonds is 8. The topological polar surface area (TPSA) is 118 Å². The fraction of sp³-hybridized carbons (Fsp3) is 0.167. The monoisotopic (exact) mass is 498 g/mol. The lowest BCUT2D eigenvalue weighted by Gasteiger charge is -2.19. The van der Waals surface area contributed by atoms with Crippen molar-refractivity contribution in [3.63, 3.8) is 0 Å². The number of aromatic amines is 1. The zero-order valence-electron chi connectivity index (χ0n) is 18.6. The Morgan fingerprint density at radius 1 is 1.06 bits per heavy atom. The van der Waals surface area contributed by atoms with Crippen LogP contribution in [0.25, 0.3) is 5.95 Å². The van der Waals surface area contributed by atoms with Gasteiger partial charge in [-0.3, -0.25) is 19.1 Å². The number of nitrogens with zero attached hydrogens (tertiary/aromatic N) is 3. The van der Waals surface area contributed by atoms with Crippen LogP contribution in [-0.2, 0) is 4.57 Å². The summed E-state index contributed by atoms with van der Waals surface area (Å²) in [6.07, 6.45) is 3.39. The van der Waals surface area contributed by atoms with Crippen LogP contribution in [0.1, 0.15) is 40.2 Å². The number of hydrogen-bond acceptors (Lipinski definition) is 5. The number of carbonyl (C=O) groups is 1. The molecule has 2 N–H and O–H groups in total. The third kappa shape index (κ3) is 5.67. The standard InChI is InChI=1S/C24H21F2N4O4P/c1-35(33,34)19-8-4-16(5-9-19)20(15-2-6-17(25)7-3-15)10-11-22(31)21-13-27-24(29-23(21)32)30-14-18(26)12-28-30/h2-9,12-14,20H,10-11H2,1H3,(H,33,34)(H,27,29,32)/t20-/m1/s1. The zero-order chi connectivity index (χ0) is 25.2. The van der Waals surface area contributed by atoms with Gasteiger partial charge in [-0.1, -0.05) is 24.3 Å². The van der Waals surface area contributed by atoms with Crippen LogP contribution in [0.15, 0.2) is 71.9 Å². The Morgan fingerprint density at radius 2 is 1.69 bits per heavy atom. The van der Waals surface area contributed by atoms with Crippen molar-refractivity contribution in [2.24, 2.45) is 0 Å². The van der Waals surface area contributed by atoms with Crippen molar-refractivity contribution in [3.05, 3.63) is 106 Å². The first-order chi connectivity index (χ1) is 16.6. The Morgan fingerprint density at radius 3 is 2.23 bits per heavy atom. The number of nitrogens with one attached hydrogen (secondary N) is 1. The van der Waals surface area contributed by atoms with E-state index in [2.05, 4.69) is 15.1 Å². The van der Waals surface area contributed by atoms with Crippen molar-refractivity contribution in [2.75, 3.05) is 6.66 Å². The molecule has 8 nitrogen and oxygen atoms in total. The van der Waals surface area contributed by atoms with Crippen LogP contribution >= 0.6 is 7.37 Å². The Balaban J connectivity index is 1.57. The number of benzene rings is 2. The van der Waals surface area contributed by atoms with Crippen molar-refractivity contribution >= 4 is 18.5 Å². The van der Waals surface area contributed by atoms with Gasteiger partial charge in [0.1, 0.15) is 11.4 Å². The second-order valence-corrected chi connectivity index (χ2v) is 10.4. The number of aromatic nitrogens is 4. The van der Waals surface area contributed by atoms with Gasteiger partial charge in [0.15, 0.2) is 11.6 Å². The van der Waals surface area contributed by atoms with E-state index in [-0.39, 0.29) is 30.3 Å². The minimum absolute atomic E-state index is 0.0173. The van der Waals surface area contributed by atoms with E-state index in [4.69, 9.17) is 0 Å². The predicted molar refractivity (Wildman–Crippen MR) is 126 cm³/mol. The first kappa shape index (κ1) is 24.4. The van der Waals surface area contributed by atoms with Crippen molar-refractivity contribution in [1.29, 1.82) is 0 Å². The van der Waals surface area contributed by atoms with Gasteiger partial charge in [0.25, 0.3) is 5.56 Å². The lowest BCUT2D eigenvalue weighted by atomic mass is 9.86. The minimum atomic E-state index is -3.42. The summed E-state index contributed by atoms with van der Waals surface area (Å²) in [5.41, 5.74) is 0.686. The van der Waals surface area contributed by atoms with Gasteiger partial charge in [-0.05, 0) is 41.8 Å². The van der Waals surface area contributed by atoms with Crippen LogP contribution in [0.5, 0.6) is 0 Å². The van der Waals surface area contributed by atoms with Crippen molar-refractivity contribution < 1.29 is 23.0 Å². The molecular weight excluding hydrogens is 477 g/mol. The fourth-order valence-electron chi connectivity index (χ4n) is 3.73. The van der Waals surface area contributed by atoms with Crippen molar-refractivity contribution in [3.8, 4) is 5.95 Å². The molecule has 0 bridgehead atoms. The van der Waals surface area contributed by atoms with Gasteiger partial charge < -0.3 is 4.89 Å². The molecule has 11 heteroatoms. The zero-order valence-corrected chi connectivity index (χ0v) is 19.5. The largest absolute Gasteiger partial charge is 0.341 e. The van der Waals surface area contributed by atoms with E-state index in [0.717, 1.165) is 34.4 Å². The summed E-state index contributed by atoms with van der Waals surface area (Å²) < 4.78 is 39.6. The molecule has 1 unspecified atom stereocenters. The fourth-order valence-corrected chi connectivity index (χ4v) is 4.43. The predicted octanol–water partition coefficient (Wildman–Crippen LogP) is 3.55. The number of halogens is 2. The molecule has 2 heterocycles. The Bertz CT molecular complexity index is 1460. The maximum Gasteiger partial charge on any atom is 0.263 e. The highest BCUT2D eigenvalue weighted by atomic mass is 31.2. The maximum atomic E-state index is 13.5. The van der Waals surface area contributed by atoms with E-state index in [1.54, 1.807) is 36.4 Å². The van der Waals surface area contributed by atoms with Crippen molar-refractivity contribution in [2.45, 2.75) is 18.8 Å². The van der Waals surface area contributed by atoms with Crippen LogP contribution in [0, 0.1) is 11.6 Å². The van der Waals surface area contributed by atoms with E-state index in [9.17, 15) is 27.8 Å². The average Bonchev–Trinajstić information content (AvgIpc) is 3.26. The third-order valence-electron chi connectivity index (χ3n) is 5.56. The summed E-state index contributed by atoms with van der Waals surface area (Å²) in [5, 5.41) is 4.02. The lowest BCUT2D eigenvalue weighted by molar-refractivity contribution is 0.0976. The molecule has 0 aliphatic rings. The minimum Gasteiger partial charge on any atom is -0.341 e. The molecule has 180 valence electrons. The number of hydrogen-bond donors (Lipinski definition) is 2. The third-order valence-corrected chi connectivity index (χ3v) is 6.82. The van der Waals surface area contributed by atoms with Crippen LogP contribution in [-0.4, -0.2) is 37.1 Å². The van der Waals surface area contributed by atoms with E-state index in [1.807, 2.05) is 0 Å². The van der Waals surface area contributed by atoms with Gasteiger partial charge in [0, 0.05) is 30.5 Å². The highest BCUT2D eigenvalue weighted by Gasteiger charge is 2.21. The Kier molecular flexibility index (Phi) is 6.86. The van der Waals surface area contributed by atoms with E-state index >= 15 is 0 Å². The van der Waals surface area contributed by atoms with Gasteiger partial charge in [-0.2, -0.15) is 5.10 Å². The summed E-state index contributed by atoms with van der Waals surface area (Å²) in [4.78, 5) is 41.5. The summed E-state index contributed by atoms with van der Waals surface area (Å²) >= 11 is 0. The molecule has 0 radical (unpaired) electrons. The molecule has 0 saturated carbocycles. The highest BCUT2D eigenvalue weighted by molar-refractivity contribution is 7.65. The molecule has 0 amide bonds. The van der Waals surface area contributed by atoms with E-state index < -0.39 is 30.3 Å². The van der Waals surface area contributed by atoms with Crippen LogP contribution in [0.2, 0.25) is 0 Å². The quantitative estimate of drug-likeness (QED) is 0.283. The van der Waals surface area contributed by atoms with E-state index in [0.29, 0.717) is 5.30 Å². The number of H-pyrrole nitrogens is 1. The van der Waals surface area contributed by atoms with Gasteiger partial charge in [0.05, 0.1) is 12.4 Å². The molecule has 2 aromatic carbocycles. The molecular formula is C24H21F2N4O4P. The molecule has 0 saturated heterocycles. The number of Topliss-reactive ketones (excluding diaryl/α,β-unsaturated/α-hetero) is 1.